The summed E-state index contributed by atoms with van der Waals surface area (Å²) in [6.07, 6.45) is 0.698. The second-order valence-corrected chi connectivity index (χ2v) is 3.79. The zero-order chi connectivity index (χ0) is 13.1. The smallest absolute Gasteiger partial charge is 0.354 e. The minimum absolute atomic E-state index is 0.164. The molecule has 18 heavy (non-hydrogen) atoms. The van der Waals surface area contributed by atoms with Crippen LogP contribution in [-0.2, 0) is 6.42 Å². The molecule has 0 saturated carbocycles. The van der Waals surface area contributed by atoms with Crippen molar-refractivity contribution >= 4 is 5.97 Å². The predicted molar refractivity (Wildman–Crippen MR) is 66.5 cm³/mol. The maximum absolute atomic E-state index is 11.2. The van der Waals surface area contributed by atoms with Gasteiger partial charge in [0.2, 0.25) is 0 Å². The van der Waals surface area contributed by atoms with Gasteiger partial charge in [-0.2, -0.15) is 5.10 Å². The van der Waals surface area contributed by atoms with Gasteiger partial charge in [0.15, 0.2) is 5.69 Å². The van der Waals surface area contributed by atoms with Crippen LogP contribution in [0, 0.1) is 0 Å². The lowest BCUT2D eigenvalue weighted by Crippen LogP contribution is -2.07. The van der Waals surface area contributed by atoms with Gasteiger partial charge in [-0.05, 0) is 36.8 Å². The van der Waals surface area contributed by atoms with Gasteiger partial charge in [-0.3, -0.25) is 0 Å². The SMILES string of the molecule is CCc1cc(C(=O)O)n(-c2ccc(OC)cc2)n1. The summed E-state index contributed by atoms with van der Waals surface area (Å²) in [4.78, 5) is 11.2. The molecule has 0 fully saturated rings. The number of aromatic carboxylic acids is 1. The van der Waals surface area contributed by atoms with Gasteiger partial charge < -0.3 is 9.84 Å². The summed E-state index contributed by atoms with van der Waals surface area (Å²) in [5.41, 5.74) is 1.62. The number of carbonyl (C=O) groups is 1. The van der Waals surface area contributed by atoms with Gasteiger partial charge >= 0.3 is 5.97 Å². The maximum Gasteiger partial charge on any atom is 0.354 e. The highest BCUT2D eigenvalue weighted by atomic mass is 16.5. The lowest BCUT2D eigenvalue weighted by atomic mass is 10.3. The van der Waals surface area contributed by atoms with Crippen LogP contribution in [0.15, 0.2) is 30.3 Å². The summed E-state index contributed by atoms with van der Waals surface area (Å²) in [6.45, 7) is 1.94. The monoisotopic (exact) mass is 246 g/mol. The number of aryl methyl sites for hydroxylation is 1. The van der Waals surface area contributed by atoms with Crippen molar-refractivity contribution in [3.8, 4) is 11.4 Å². The standard InChI is InChI=1S/C13H14N2O3/c1-3-9-8-12(13(16)17)15(14-9)10-4-6-11(18-2)7-5-10/h4-8H,3H2,1-2H3,(H,16,17). The third kappa shape index (κ3) is 2.20. The molecule has 0 amide bonds. The summed E-state index contributed by atoms with van der Waals surface area (Å²) < 4.78 is 6.49. The van der Waals surface area contributed by atoms with Gasteiger partial charge in [-0.1, -0.05) is 6.92 Å². The molecule has 0 radical (unpaired) electrons. The molecule has 1 N–H and O–H groups in total. The maximum atomic E-state index is 11.2. The Balaban J connectivity index is 2.47. The van der Waals surface area contributed by atoms with E-state index >= 15 is 0 Å². The number of hydrogen-bond acceptors (Lipinski definition) is 3. The van der Waals surface area contributed by atoms with Gasteiger partial charge in [0.25, 0.3) is 0 Å². The van der Waals surface area contributed by atoms with E-state index < -0.39 is 5.97 Å². The number of rotatable bonds is 4. The number of nitrogens with zero attached hydrogens (tertiary/aromatic N) is 2. The highest BCUT2D eigenvalue weighted by molar-refractivity contribution is 5.86. The molecule has 0 aliphatic heterocycles. The molecule has 2 rings (SSSR count). The number of aromatic nitrogens is 2. The molecule has 0 aliphatic rings. The third-order valence-electron chi connectivity index (χ3n) is 2.66. The molecule has 1 heterocycles. The topological polar surface area (TPSA) is 64.3 Å². The molecule has 0 atom stereocenters. The van der Waals surface area contributed by atoms with E-state index in [0.717, 1.165) is 11.4 Å². The first-order valence-electron chi connectivity index (χ1n) is 5.62. The molecule has 0 saturated heterocycles. The number of hydrogen-bond donors (Lipinski definition) is 1. The fraction of sp³-hybridized carbons (Fsp3) is 0.231. The summed E-state index contributed by atoms with van der Waals surface area (Å²) >= 11 is 0. The van der Waals surface area contributed by atoms with E-state index in [4.69, 9.17) is 9.84 Å². The van der Waals surface area contributed by atoms with Crippen LogP contribution in [0.4, 0.5) is 0 Å². The number of benzene rings is 1. The average Bonchev–Trinajstić information content (AvgIpc) is 2.83. The van der Waals surface area contributed by atoms with Crippen molar-refractivity contribution in [2.24, 2.45) is 0 Å². The van der Waals surface area contributed by atoms with Crippen LogP contribution >= 0.6 is 0 Å². The molecule has 1 aromatic carbocycles. The minimum Gasteiger partial charge on any atom is -0.497 e. The molecule has 1 aromatic heterocycles. The van der Waals surface area contributed by atoms with Gasteiger partial charge in [-0.15, -0.1) is 0 Å². The molecule has 2 aromatic rings. The molecular formula is C13H14N2O3. The number of carboxylic acid groups (broad SMARTS) is 1. The summed E-state index contributed by atoms with van der Waals surface area (Å²) in [6, 6.07) is 8.69. The molecule has 0 aliphatic carbocycles. The van der Waals surface area contributed by atoms with Crippen molar-refractivity contribution in [1.29, 1.82) is 0 Å². The van der Waals surface area contributed by atoms with Crippen LogP contribution in [0.3, 0.4) is 0 Å². The highest BCUT2D eigenvalue weighted by Crippen LogP contribution is 2.17. The first kappa shape index (κ1) is 12.2. The van der Waals surface area contributed by atoms with E-state index in [-0.39, 0.29) is 5.69 Å². The fourth-order valence-corrected chi connectivity index (χ4v) is 1.68. The first-order chi connectivity index (χ1) is 8.65. The van der Waals surface area contributed by atoms with Crippen molar-refractivity contribution in [3.63, 3.8) is 0 Å². The zero-order valence-corrected chi connectivity index (χ0v) is 10.3. The largest absolute Gasteiger partial charge is 0.497 e. The molecule has 5 heteroatoms. The number of methoxy groups -OCH3 is 1. The molecule has 5 nitrogen and oxygen atoms in total. The highest BCUT2D eigenvalue weighted by Gasteiger charge is 2.14. The van der Waals surface area contributed by atoms with Crippen LogP contribution in [0.1, 0.15) is 23.1 Å². The molecule has 94 valence electrons. The van der Waals surface area contributed by atoms with Crippen LogP contribution in [0.25, 0.3) is 5.69 Å². The fourth-order valence-electron chi connectivity index (χ4n) is 1.68. The summed E-state index contributed by atoms with van der Waals surface area (Å²) in [5.74, 6) is -0.267. The molecule has 0 bridgehead atoms. The van der Waals surface area contributed by atoms with E-state index in [1.807, 2.05) is 6.92 Å². The minimum atomic E-state index is -0.988. The van der Waals surface area contributed by atoms with E-state index in [9.17, 15) is 4.79 Å². The van der Waals surface area contributed by atoms with Crippen molar-refractivity contribution in [3.05, 3.63) is 41.7 Å². The van der Waals surface area contributed by atoms with Crippen molar-refractivity contribution < 1.29 is 14.6 Å². The Bertz CT molecular complexity index is 558. The predicted octanol–water partition coefficient (Wildman–Crippen LogP) is 2.14. The Morgan fingerprint density at radius 3 is 2.56 bits per heavy atom. The van der Waals surface area contributed by atoms with E-state index in [1.54, 1.807) is 37.4 Å². The second kappa shape index (κ2) is 4.91. The van der Waals surface area contributed by atoms with Crippen molar-refractivity contribution in [1.82, 2.24) is 9.78 Å². The van der Waals surface area contributed by atoms with E-state index in [0.29, 0.717) is 12.1 Å². The third-order valence-corrected chi connectivity index (χ3v) is 2.66. The Morgan fingerprint density at radius 1 is 1.39 bits per heavy atom. The average molecular weight is 246 g/mol. The lowest BCUT2D eigenvalue weighted by molar-refractivity contribution is 0.0687. The molecule has 0 unspecified atom stereocenters. The Morgan fingerprint density at radius 2 is 2.06 bits per heavy atom. The number of carboxylic acids is 1. The van der Waals surface area contributed by atoms with Crippen LogP contribution in [0.2, 0.25) is 0 Å². The van der Waals surface area contributed by atoms with Gasteiger partial charge in [-0.25, -0.2) is 9.48 Å². The zero-order valence-electron chi connectivity index (χ0n) is 10.3. The second-order valence-electron chi connectivity index (χ2n) is 3.79. The van der Waals surface area contributed by atoms with Crippen LogP contribution in [0.5, 0.6) is 5.75 Å². The Labute approximate surface area is 105 Å². The van der Waals surface area contributed by atoms with Crippen LogP contribution in [-0.4, -0.2) is 28.0 Å². The summed E-state index contributed by atoms with van der Waals surface area (Å²) in [5, 5.41) is 13.4. The lowest BCUT2D eigenvalue weighted by Gasteiger charge is -2.05. The number of ether oxygens (including phenoxy) is 1. The first-order valence-corrected chi connectivity index (χ1v) is 5.62. The van der Waals surface area contributed by atoms with Crippen LogP contribution < -0.4 is 4.74 Å². The van der Waals surface area contributed by atoms with Crippen molar-refractivity contribution in [2.75, 3.05) is 7.11 Å². The van der Waals surface area contributed by atoms with Gasteiger partial charge in [0.05, 0.1) is 18.5 Å². The Kier molecular flexibility index (Phi) is 3.32. The molecule has 0 spiro atoms. The summed E-state index contributed by atoms with van der Waals surface area (Å²) in [7, 11) is 1.58. The van der Waals surface area contributed by atoms with Crippen molar-refractivity contribution in [2.45, 2.75) is 13.3 Å². The van der Waals surface area contributed by atoms with Gasteiger partial charge in [0.1, 0.15) is 5.75 Å². The normalized spacial score (nSPS) is 10.3. The van der Waals surface area contributed by atoms with Gasteiger partial charge in [0, 0.05) is 0 Å². The van der Waals surface area contributed by atoms with E-state index in [2.05, 4.69) is 5.10 Å². The van der Waals surface area contributed by atoms with E-state index in [1.165, 1.54) is 4.68 Å². The molecular weight excluding hydrogens is 232 g/mol. The Hall–Kier alpha value is -2.30. The quantitative estimate of drug-likeness (QED) is 0.897.